The van der Waals surface area contributed by atoms with Gasteiger partial charge in [0.15, 0.2) is 0 Å². The highest BCUT2D eigenvalue weighted by atomic mass is 16.2. The van der Waals surface area contributed by atoms with Gasteiger partial charge in [-0.25, -0.2) is 4.98 Å². The molecule has 7 heteroatoms. The van der Waals surface area contributed by atoms with Crippen molar-refractivity contribution in [3.63, 3.8) is 0 Å². The summed E-state index contributed by atoms with van der Waals surface area (Å²) in [6.45, 7) is 8.32. The zero-order chi connectivity index (χ0) is 20.4. The second kappa shape index (κ2) is 5.83. The van der Waals surface area contributed by atoms with Crippen LogP contribution in [0.1, 0.15) is 31.5 Å². The summed E-state index contributed by atoms with van der Waals surface area (Å²) in [4.78, 5) is 35.1. The van der Waals surface area contributed by atoms with Crippen molar-refractivity contribution in [1.82, 2.24) is 20.2 Å². The summed E-state index contributed by atoms with van der Waals surface area (Å²) in [6.07, 6.45) is 6.91. The fourth-order valence-corrected chi connectivity index (χ4v) is 5.16. The molecule has 2 aromatic rings. The van der Waals surface area contributed by atoms with Crippen molar-refractivity contribution in [2.24, 2.45) is 5.41 Å². The molecule has 0 unspecified atom stereocenters. The first-order valence-electron chi connectivity index (χ1n) is 9.72. The number of amides is 2. The molecule has 4 heterocycles. The number of allylic oxidation sites excluding steroid dienone is 1. The van der Waals surface area contributed by atoms with E-state index in [1.807, 2.05) is 24.3 Å². The zero-order valence-electron chi connectivity index (χ0n) is 16.4. The van der Waals surface area contributed by atoms with Crippen LogP contribution in [0.5, 0.6) is 0 Å². The van der Waals surface area contributed by atoms with E-state index in [1.165, 1.54) is 6.33 Å². The molecule has 0 spiro atoms. The largest absolute Gasteiger partial charge is 0.364 e. The molecule has 2 saturated heterocycles. The van der Waals surface area contributed by atoms with Gasteiger partial charge in [0.1, 0.15) is 17.9 Å². The van der Waals surface area contributed by atoms with Gasteiger partial charge in [-0.1, -0.05) is 38.1 Å². The average molecular weight is 389 g/mol. The maximum atomic E-state index is 13.5. The Balaban J connectivity index is 1.65. The molecule has 2 fully saturated rings. The quantitative estimate of drug-likeness (QED) is 0.555. The summed E-state index contributed by atoms with van der Waals surface area (Å²) < 4.78 is 0. The second-order valence-electron chi connectivity index (χ2n) is 8.48. The molecular weight excluding hydrogens is 366 g/mol. The minimum atomic E-state index is -0.536. The van der Waals surface area contributed by atoms with Crippen LogP contribution in [0.3, 0.4) is 0 Å². The lowest BCUT2D eigenvalue weighted by Crippen LogP contribution is -2.59. The summed E-state index contributed by atoms with van der Waals surface area (Å²) in [6, 6.07) is 7.57. The van der Waals surface area contributed by atoms with Crippen molar-refractivity contribution in [2.75, 3.05) is 5.32 Å². The number of carbonyl (C=O) groups excluding carboxylic acids is 2. The van der Waals surface area contributed by atoms with E-state index >= 15 is 0 Å². The topological polar surface area (TPSA) is 90.1 Å². The van der Waals surface area contributed by atoms with Crippen LogP contribution in [0, 0.1) is 5.41 Å². The molecular formula is C22H23N5O2. The Hall–Kier alpha value is -3.35. The van der Waals surface area contributed by atoms with Crippen molar-refractivity contribution in [2.45, 2.75) is 37.9 Å². The van der Waals surface area contributed by atoms with Crippen LogP contribution in [-0.2, 0) is 15.0 Å². The van der Waals surface area contributed by atoms with Gasteiger partial charge in [-0.3, -0.25) is 9.59 Å². The molecule has 0 bridgehead atoms. The Bertz CT molecular complexity index is 1050. The molecule has 3 N–H and O–H groups in total. The molecule has 1 aromatic heterocycles. The molecule has 3 atom stereocenters. The molecule has 1 aromatic carbocycles. The summed E-state index contributed by atoms with van der Waals surface area (Å²) in [5.41, 5.74) is 2.24. The Morgan fingerprint density at radius 1 is 1.31 bits per heavy atom. The number of imidazole rings is 1. The van der Waals surface area contributed by atoms with E-state index in [1.54, 1.807) is 17.2 Å². The summed E-state index contributed by atoms with van der Waals surface area (Å²) in [7, 11) is 0. The Kier molecular flexibility index (Phi) is 3.56. The van der Waals surface area contributed by atoms with Crippen molar-refractivity contribution in [3.8, 4) is 0 Å². The van der Waals surface area contributed by atoms with E-state index in [-0.39, 0.29) is 29.1 Å². The molecule has 3 aliphatic rings. The number of nitrogens with one attached hydrogen (secondary N) is 3. The third-order valence-electron chi connectivity index (χ3n) is 6.80. The maximum absolute atomic E-state index is 13.5. The van der Waals surface area contributed by atoms with Gasteiger partial charge in [-0.15, -0.1) is 6.58 Å². The number of aromatic amines is 1. The van der Waals surface area contributed by atoms with E-state index in [0.717, 1.165) is 11.3 Å². The normalized spacial score (nSPS) is 29.2. The smallest absolute Gasteiger partial charge is 0.272 e. The third kappa shape index (κ3) is 2.21. The number of H-pyrrole nitrogens is 1. The third-order valence-corrected chi connectivity index (χ3v) is 6.80. The van der Waals surface area contributed by atoms with E-state index in [2.05, 4.69) is 47.1 Å². The van der Waals surface area contributed by atoms with Crippen molar-refractivity contribution < 1.29 is 9.59 Å². The van der Waals surface area contributed by atoms with E-state index in [9.17, 15) is 9.59 Å². The standard InChI is InChI=1S/C22H23N5O2/c1-4-21(2,3)22-10-17-18(28)25-16(9-13-11-23-12-24-13)19(29)27(17)20(22)26-15-8-6-5-7-14(15)22/h4-9,11-12,17,20,26H,1,10H2,2-3H3,(H,23,24)(H,25,28)/b16-9+/t17-,20-,22+/m0/s1. The number of para-hydroxylation sites is 1. The number of anilines is 1. The summed E-state index contributed by atoms with van der Waals surface area (Å²) >= 11 is 0. The monoisotopic (exact) mass is 389 g/mol. The molecule has 2 amide bonds. The van der Waals surface area contributed by atoms with Gasteiger partial charge in [0.25, 0.3) is 5.91 Å². The van der Waals surface area contributed by atoms with E-state index < -0.39 is 11.5 Å². The van der Waals surface area contributed by atoms with E-state index in [4.69, 9.17) is 0 Å². The number of benzene rings is 1. The number of hydrogen-bond acceptors (Lipinski definition) is 4. The summed E-state index contributed by atoms with van der Waals surface area (Å²) in [5, 5.41) is 6.34. The van der Waals surface area contributed by atoms with Gasteiger partial charge in [-0.2, -0.15) is 0 Å². The Morgan fingerprint density at radius 3 is 2.83 bits per heavy atom. The highest BCUT2D eigenvalue weighted by Crippen LogP contribution is 2.60. The van der Waals surface area contributed by atoms with Gasteiger partial charge in [0.2, 0.25) is 5.91 Å². The minimum Gasteiger partial charge on any atom is -0.364 e. The second-order valence-corrected chi connectivity index (χ2v) is 8.48. The number of hydrogen-bond donors (Lipinski definition) is 3. The van der Waals surface area contributed by atoms with Crippen LogP contribution in [0.15, 0.2) is 55.1 Å². The van der Waals surface area contributed by atoms with Crippen LogP contribution >= 0.6 is 0 Å². The SMILES string of the molecule is C=CC(C)(C)[C@@]12C[C@H]3C(=O)N/C(=C/c4cnc[nH]4)C(=O)N3[C@@H]1Nc1ccccc12. The molecule has 5 rings (SSSR count). The highest BCUT2D eigenvalue weighted by Gasteiger charge is 2.66. The predicted octanol–water partition coefficient (Wildman–Crippen LogP) is 2.38. The Labute approximate surface area is 168 Å². The van der Waals surface area contributed by atoms with Crippen LogP contribution in [0.25, 0.3) is 6.08 Å². The maximum Gasteiger partial charge on any atom is 0.272 e. The molecule has 148 valence electrons. The number of rotatable bonds is 3. The lowest BCUT2D eigenvalue weighted by molar-refractivity contribution is -0.141. The lowest BCUT2D eigenvalue weighted by Gasteiger charge is -2.43. The number of fused-ring (bicyclic) bond motifs is 5. The van der Waals surface area contributed by atoms with Gasteiger partial charge >= 0.3 is 0 Å². The molecule has 7 nitrogen and oxygen atoms in total. The lowest BCUT2D eigenvalue weighted by atomic mass is 9.60. The van der Waals surface area contributed by atoms with Gasteiger partial charge < -0.3 is 20.5 Å². The molecule has 29 heavy (non-hydrogen) atoms. The fourth-order valence-electron chi connectivity index (χ4n) is 5.16. The molecule has 0 saturated carbocycles. The highest BCUT2D eigenvalue weighted by molar-refractivity contribution is 6.08. The molecule has 0 aliphatic carbocycles. The first-order chi connectivity index (χ1) is 13.9. The average Bonchev–Trinajstić information content (AvgIpc) is 3.40. The Morgan fingerprint density at radius 2 is 2.10 bits per heavy atom. The number of nitrogens with zero attached hydrogens (tertiary/aromatic N) is 2. The minimum absolute atomic E-state index is 0.164. The van der Waals surface area contributed by atoms with E-state index in [0.29, 0.717) is 12.1 Å². The van der Waals surface area contributed by atoms with Crippen LogP contribution < -0.4 is 10.6 Å². The van der Waals surface area contributed by atoms with Crippen molar-refractivity contribution >= 4 is 23.6 Å². The van der Waals surface area contributed by atoms with Crippen LogP contribution in [0.2, 0.25) is 0 Å². The van der Waals surface area contributed by atoms with Crippen LogP contribution in [-0.4, -0.2) is 38.9 Å². The first kappa shape index (κ1) is 17.7. The number of piperazine rings is 1. The van der Waals surface area contributed by atoms with Gasteiger partial charge in [-0.05, 0) is 29.5 Å². The number of carbonyl (C=O) groups is 2. The fraction of sp³-hybridized carbons (Fsp3) is 0.318. The van der Waals surface area contributed by atoms with Crippen LogP contribution in [0.4, 0.5) is 5.69 Å². The molecule has 3 aliphatic heterocycles. The summed E-state index contributed by atoms with van der Waals surface area (Å²) in [5.74, 6) is -0.362. The van der Waals surface area contributed by atoms with Crippen molar-refractivity contribution in [3.05, 3.63) is 66.4 Å². The van der Waals surface area contributed by atoms with Gasteiger partial charge in [0, 0.05) is 11.1 Å². The zero-order valence-corrected chi connectivity index (χ0v) is 16.4. The van der Waals surface area contributed by atoms with Gasteiger partial charge in [0.05, 0.1) is 18.2 Å². The molecule has 0 radical (unpaired) electrons. The predicted molar refractivity (Wildman–Crippen MR) is 109 cm³/mol. The number of aromatic nitrogens is 2. The van der Waals surface area contributed by atoms with Crippen molar-refractivity contribution in [1.29, 1.82) is 0 Å². The first-order valence-corrected chi connectivity index (χ1v) is 9.72.